The van der Waals surface area contributed by atoms with E-state index in [1.54, 1.807) is 5.57 Å². The molecule has 1 heteroatoms. The summed E-state index contributed by atoms with van der Waals surface area (Å²) in [5.41, 5.74) is 3.00. The Labute approximate surface area is 92.4 Å². The van der Waals surface area contributed by atoms with Gasteiger partial charge >= 0.3 is 0 Å². The van der Waals surface area contributed by atoms with Gasteiger partial charge in [0, 0.05) is 13.1 Å². The van der Waals surface area contributed by atoms with Crippen LogP contribution in [0.4, 0.5) is 0 Å². The van der Waals surface area contributed by atoms with Gasteiger partial charge in [-0.25, -0.2) is 0 Å². The maximum absolute atomic E-state index is 2.44. The highest BCUT2D eigenvalue weighted by Gasteiger charge is 2.08. The minimum atomic E-state index is 1.06. The van der Waals surface area contributed by atoms with Crippen molar-refractivity contribution in [3.8, 4) is 0 Å². The molecule has 0 aromatic heterocycles. The molecule has 0 spiro atoms. The second-order valence-electron chi connectivity index (χ2n) is 4.20. The van der Waals surface area contributed by atoms with E-state index in [9.17, 15) is 0 Å². The minimum Gasteiger partial charge on any atom is -0.373 e. The van der Waals surface area contributed by atoms with Gasteiger partial charge in [-0.15, -0.1) is 0 Å². The molecule has 0 radical (unpaired) electrons. The Hall–Kier alpha value is -1.24. The van der Waals surface area contributed by atoms with Gasteiger partial charge < -0.3 is 4.90 Å². The second kappa shape index (κ2) is 5.01. The minimum absolute atomic E-state index is 1.06. The highest BCUT2D eigenvalue weighted by molar-refractivity contribution is 5.16. The fraction of sp³-hybridized carbons (Fsp3) is 0.429. The molecule has 1 aromatic carbocycles. The van der Waals surface area contributed by atoms with Crippen LogP contribution in [0.2, 0.25) is 0 Å². The first-order chi connectivity index (χ1) is 7.38. The fourth-order valence-corrected chi connectivity index (χ4v) is 2.11. The van der Waals surface area contributed by atoms with E-state index in [0.717, 1.165) is 6.54 Å². The second-order valence-corrected chi connectivity index (χ2v) is 4.20. The standard InChI is InChI=1S/C14H19N/c1-2-13-9-6-10-15(11-13)12-14-7-4-3-5-8-14/h3-5,7-8,11H,2,6,9-10,12H2,1H3. The van der Waals surface area contributed by atoms with Crippen molar-refractivity contribution in [1.29, 1.82) is 0 Å². The zero-order chi connectivity index (χ0) is 10.5. The van der Waals surface area contributed by atoms with E-state index >= 15 is 0 Å². The van der Waals surface area contributed by atoms with Crippen LogP contribution in [-0.4, -0.2) is 11.4 Å². The summed E-state index contributed by atoms with van der Waals surface area (Å²) in [4.78, 5) is 2.44. The van der Waals surface area contributed by atoms with Crippen LogP contribution in [0.15, 0.2) is 42.1 Å². The van der Waals surface area contributed by atoms with Crippen LogP contribution in [0.1, 0.15) is 31.7 Å². The first-order valence-electron chi connectivity index (χ1n) is 5.86. The molecule has 1 aromatic rings. The Morgan fingerprint density at radius 2 is 2.00 bits per heavy atom. The van der Waals surface area contributed by atoms with Gasteiger partial charge in [0.25, 0.3) is 0 Å². The Morgan fingerprint density at radius 3 is 2.73 bits per heavy atom. The van der Waals surface area contributed by atoms with E-state index < -0.39 is 0 Å². The summed E-state index contributed by atoms with van der Waals surface area (Å²) in [6.45, 7) is 4.51. The maximum atomic E-state index is 2.44. The summed E-state index contributed by atoms with van der Waals surface area (Å²) in [6, 6.07) is 10.7. The zero-order valence-electron chi connectivity index (χ0n) is 9.45. The number of benzene rings is 1. The molecular weight excluding hydrogens is 182 g/mol. The van der Waals surface area contributed by atoms with Gasteiger partial charge in [-0.3, -0.25) is 0 Å². The average molecular weight is 201 g/mol. The summed E-state index contributed by atoms with van der Waals surface area (Å²) in [5, 5.41) is 0. The Kier molecular flexibility index (Phi) is 3.44. The molecule has 2 rings (SSSR count). The summed E-state index contributed by atoms with van der Waals surface area (Å²) >= 11 is 0. The highest BCUT2D eigenvalue weighted by Crippen LogP contribution is 2.18. The highest BCUT2D eigenvalue weighted by atomic mass is 15.1. The Bertz CT molecular complexity index is 326. The fourth-order valence-electron chi connectivity index (χ4n) is 2.11. The summed E-state index contributed by atoms with van der Waals surface area (Å²) < 4.78 is 0. The molecule has 0 atom stereocenters. The molecule has 0 saturated carbocycles. The van der Waals surface area contributed by atoms with Crippen molar-refractivity contribution in [2.45, 2.75) is 32.7 Å². The first kappa shape index (κ1) is 10.3. The lowest BCUT2D eigenvalue weighted by molar-refractivity contribution is 0.339. The van der Waals surface area contributed by atoms with Crippen LogP contribution in [0.5, 0.6) is 0 Å². The van der Waals surface area contributed by atoms with Crippen LogP contribution >= 0.6 is 0 Å². The van der Waals surface area contributed by atoms with Crippen molar-refractivity contribution >= 4 is 0 Å². The van der Waals surface area contributed by atoms with Crippen molar-refractivity contribution < 1.29 is 0 Å². The van der Waals surface area contributed by atoms with Gasteiger partial charge in [0.1, 0.15) is 0 Å². The molecule has 1 aliphatic heterocycles. The predicted octanol–water partition coefficient (Wildman–Crippen LogP) is 3.58. The molecule has 1 aliphatic rings. The van der Waals surface area contributed by atoms with Crippen LogP contribution < -0.4 is 0 Å². The van der Waals surface area contributed by atoms with Crippen LogP contribution in [0, 0.1) is 0 Å². The molecule has 1 heterocycles. The van der Waals surface area contributed by atoms with Crippen LogP contribution in [0.25, 0.3) is 0 Å². The van der Waals surface area contributed by atoms with Crippen molar-refractivity contribution in [2.24, 2.45) is 0 Å². The van der Waals surface area contributed by atoms with Gasteiger partial charge in [-0.1, -0.05) is 42.8 Å². The monoisotopic (exact) mass is 201 g/mol. The Balaban J connectivity index is 2.00. The Morgan fingerprint density at radius 1 is 1.20 bits per heavy atom. The molecular formula is C14H19N. The normalized spacial score (nSPS) is 16.3. The van der Waals surface area contributed by atoms with Gasteiger partial charge in [0.05, 0.1) is 0 Å². The van der Waals surface area contributed by atoms with Crippen LogP contribution in [-0.2, 0) is 6.54 Å². The molecule has 0 fully saturated rings. The summed E-state index contributed by atoms with van der Waals surface area (Å²) in [5.74, 6) is 0. The summed E-state index contributed by atoms with van der Waals surface area (Å²) in [6.07, 6.45) is 6.16. The van der Waals surface area contributed by atoms with E-state index in [0.29, 0.717) is 0 Å². The number of nitrogens with zero attached hydrogens (tertiary/aromatic N) is 1. The van der Waals surface area contributed by atoms with E-state index in [2.05, 4.69) is 48.4 Å². The van der Waals surface area contributed by atoms with Crippen molar-refractivity contribution in [2.75, 3.05) is 6.54 Å². The molecule has 0 amide bonds. The van der Waals surface area contributed by atoms with Crippen LogP contribution in [0.3, 0.4) is 0 Å². The lowest BCUT2D eigenvalue weighted by Crippen LogP contribution is -2.22. The molecule has 1 nitrogen and oxygen atoms in total. The number of hydrogen-bond donors (Lipinski definition) is 0. The van der Waals surface area contributed by atoms with Gasteiger partial charge in [-0.05, 0) is 31.0 Å². The first-order valence-corrected chi connectivity index (χ1v) is 5.86. The van der Waals surface area contributed by atoms with E-state index in [-0.39, 0.29) is 0 Å². The number of rotatable bonds is 3. The van der Waals surface area contributed by atoms with Crippen molar-refractivity contribution in [1.82, 2.24) is 4.90 Å². The topological polar surface area (TPSA) is 3.24 Å². The van der Waals surface area contributed by atoms with E-state index in [1.165, 1.54) is 31.4 Å². The predicted molar refractivity (Wildman–Crippen MR) is 64.5 cm³/mol. The smallest absolute Gasteiger partial charge is 0.0423 e. The largest absolute Gasteiger partial charge is 0.373 e. The van der Waals surface area contributed by atoms with E-state index in [4.69, 9.17) is 0 Å². The number of hydrogen-bond acceptors (Lipinski definition) is 1. The SMILES string of the molecule is CCC1=CN(Cc2ccccc2)CCC1. The third-order valence-electron chi connectivity index (χ3n) is 2.99. The maximum Gasteiger partial charge on any atom is 0.0423 e. The molecule has 0 bridgehead atoms. The van der Waals surface area contributed by atoms with E-state index in [1.807, 2.05) is 0 Å². The summed E-state index contributed by atoms with van der Waals surface area (Å²) in [7, 11) is 0. The van der Waals surface area contributed by atoms with Gasteiger partial charge in [0.2, 0.25) is 0 Å². The zero-order valence-corrected chi connectivity index (χ0v) is 9.45. The third-order valence-corrected chi connectivity index (χ3v) is 2.99. The van der Waals surface area contributed by atoms with Crippen molar-refractivity contribution in [3.05, 3.63) is 47.7 Å². The molecule has 0 aliphatic carbocycles. The van der Waals surface area contributed by atoms with Gasteiger partial charge in [-0.2, -0.15) is 0 Å². The molecule has 15 heavy (non-hydrogen) atoms. The molecule has 0 saturated heterocycles. The lowest BCUT2D eigenvalue weighted by Gasteiger charge is -2.26. The molecule has 0 unspecified atom stereocenters. The average Bonchev–Trinajstić information content (AvgIpc) is 2.31. The quantitative estimate of drug-likeness (QED) is 0.722. The third kappa shape index (κ3) is 2.85. The molecule has 0 N–H and O–H groups in total. The lowest BCUT2D eigenvalue weighted by atomic mass is 10.0. The van der Waals surface area contributed by atoms with Gasteiger partial charge in [0.15, 0.2) is 0 Å². The number of allylic oxidation sites excluding steroid dienone is 1. The van der Waals surface area contributed by atoms with Crippen molar-refractivity contribution in [3.63, 3.8) is 0 Å². The molecule has 80 valence electrons.